The number of rotatable bonds is 4. The summed E-state index contributed by atoms with van der Waals surface area (Å²) in [6.45, 7) is 4.95. The summed E-state index contributed by atoms with van der Waals surface area (Å²) in [4.78, 5) is 2.41. The molecule has 16 heavy (non-hydrogen) atoms. The molecule has 0 aromatic heterocycles. The molecule has 1 aliphatic heterocycles. The fourth-order valence-electron chi connectivity index (χ4n) is 2.17. The zero-order valence-electron chi connectivity index (χ0n) is 10.1. The van der Waals surface area contributed by atoms with E-state index < -0.39 is 0 Å². The van der Waals surface area contributed by atoms with Gasteiger partial charge in [-0.1, -0.05) is 6.07 Å². The second kappa shape index (κ2) is 5.21. The van der Waals surface area contributed by atoms with Gasteiger partial charge >= 0.3 is 0 Å². The molecule has 1 fully saturated rings. The molecule has 1 aliphatic rings. The first-order chi connectivity index (χ1) is 7.83. The summed E-state index contributed by atoms with van der Waals surface area (Å²) < 4.78 is 5.52. The van der Waals surface area contributed by atoms with E-state index in [-0.39, 0.29) is 0 Å². The molecule has 3 heteroatoms. The van der Waals surface area contributed by atoms with E-state index >= 15 is 0 Å². The third-order valence-electron chi connectivity index (χ3n) is 3.09. The van der Waals surface area contributed by atoms with E-state index in [9.17, 15) is 0 Å². The minimum absolute atomic E-state index is 0.621. The van der Waals surface area contributed by atoms with Gasteiger partial charge in [-0.15, -0.1) is 0 Å². The van der Waals surface area contributed by atoms with Gasteiger partial charge in [0.05, 0.1) is 6.61 Å². The molecule has 1 heterocycles. The Balaban J connectivity index is 2.06. The normalized spacial score (nSPS) is 20.1. The second-order valence-electron chi connectivity index (χ2n) is 4.15. The zero-order chi connectivity index (χ0) is 11.4. The summed E-state index contributed by atoms with van der Waals surface area (Å²) in [6, 6.07) is 8.98. The van der Waals surface area contributed by atoms with Gasteiger partial charge in [0.25, 0.3) is 0 Å². The molecule has 1 N–H and O–H groups in total. The third-order valence-corrected chi connectivity index (χ3v) is 3.09. The highest BCUT2D eigenvalue weighted by Gasteiger charge is 2.21. The van der Waals surface area contributed by atoms with Gasteiger partial charge in [0.1, 0.15) is 5.75 Å². The fraction of sp³-hybridized carbons (Fsp3) is 0.538. The number of benzene rings is 1. The van der Waals surface area contributed by atoms with Crippen molar-refractivity contribution in [1.29, 1.82) is 0 Å². The Bertz CT molecular complexity index is 340. The molecular formula is C13H20N2O. The monoisotopic (exact) mass is 220 g/mol. The smallest absolute Gasteiger partial charge is 0.121 e. The van der Waals surface area contributed by atoms with Gasteiger partial charge in [0.2, 0.25) is 0 Å². The third kappa shape index (κ3) is 2.47. The van der Waals surface area contributed by atoms with E-state index in [4.69, 9.17) is 4.74 Å². The summed E-state index contributed by atoms with van der Waals surface area (Å²) in [5.41, 5.74) is 1.27. The minimum Gasteiger partial charge on any atom is -0.494 e. The van der Waals surface area contributed by atoms with E-state index in [2.05, 4.69) is 28.4 Å². The maximum atomic E-state index is 5.52. The summed E-state index contributed by atoms with van der Waals surface area (Å²) >= 11 is 0. The van der Waals surface area contributed by atoms with Gasteiger partial charge in [-0.3, -0.25) is 0 Å². The number of likely N-dealkylation sites (N-methyl/N-ethyl adjacent to an activating group) is 1. The molecule has 0 amide bonds. The predicted octanol–water partition coefficient (Wildman–Crippen LogP) is 1.88. The molecule has 0 radical (unpaired) electrons. The molecule has 1 saturated heterocycles. The van der Waals surface area contributed by atoms with Gasteiger partial charge in [-0.2, -0.15) is 0 Å². The lowest BCUT2D eigenvalue weighted by molar-refractivity contribution is 0.340. The average molecular weight is 220 g/mol. The van der Waals surface area contributed by atoms with Gasteiger partial charge in [-0.05, 0) is 32.5 Å². The lowest BCUT2D eigenvalue weighted by atomic mass is 10.2. The van der Waals surface area contributed by atoms with Crippen LogP contribution in [0.15, 0.2) is 24.3 Å². The Morgan fingerprint density at radius 3 is 3.06 bits per heavy atom. The van der Waals surface area contributed by atoms with Crippen LogP contribution in [0.4, 0.5) is 5.69 Å². The summed E-state index contributed by atoms with van der Waals surface area (Å²) in [6.07, 6.45) is 1.22. The van der Waals surface area contributed by atoms with Crippen LogP contribution in [0.2, 0.25) is 0 Å². The fourth-order valence-corrected chi connectivity index (χ4v) is 2.17. The van der Waals surface area contributed by atoms with Crippen LogP contribution in [-0.4, -0.2) is 32.8 Å². The van der Waals surface area contributed by atoms with Crippen molar-refractivity contribution in [2.24, 2.45) is 0 Å². The number of hydrogen-bond acceptors (Lipinski definition) is 3. The van der Waals surface area contributed by atoms with Gasteiger partial charge in [-0.25, -0.2) is 0 Å². The van der Waals surface area contributed by atoms with Crippen LogP contribution in [-0.2, 0) is 0 Å². The van der Waals surface area contributed by atoms with Crippen LogP contribution < -0.4 is 15.0 Å². The summed E-state index contributed by atoms with van der Waals surface area (Å²) in [5.74, 6) is 0.966. The first-order valence-electron chi connectivity index (χ1n) is 5.98. The van der Waals surface area contributed by atoms with Crippen LogP contribution in [0.5, 0.6) is 5.75 Å². The first-order valence-corrected chi connectivity index (χ1v) is 5.98. The number of hydrogen-bond donors (Lipinski definition) is 1. The standard InChI is InChI=1S/C13H20N2O/c1-3-16-13-6-4-5-12(9-13)15-8-7-11(10-15)14-2/h4-6,9,11,14H,3,7-8,10H2,1-2H3. The van der Waals surface area contributed by atoms with E-state index in [1.165, 1.54) is 12.1 Å². The Labute approximate surface area is 97.4 Å². The highest BCUT2D eigenvalue weighted by molar-refractivity contribution is 5.51. The van der Waals surface area contributed by atoms with E-state index in [0.717, 1.165) is 25.4 Å². The number of nitrogens with zero attached hydrogens (tertiary/aromatic N) is 1. The van der Waals surface area contributed by atoms with Crippen molar-refractivity contribution in [2.45, 2.75) is 19.4 Å². The maximum absolute atomic E-state index is 5.52. The Morgan fingerprint density at radius 1 is 1.50 bits per heavy atom. The van der Waals surface area contributed by atoms with Crippen LogP contribution in [0.1, 0.15) is 13.3 Å². The average Bonchev–Trinajstić information content (AvgIpc) is 2.78. The first kappa shape index (κ1) is 11.3. The molecule has 0 saturated carbocycles. The molecule has 1 aromatic rings. The molecule has 0 spiro atoms. The summed E-state index contributed by atoms with van der Waals surface area (Å²) in [5, 5.41) is 3.33. The van der Waals surface area contributed by atoms with Crippen LogP contribution in [0.3, 0.4) is 0 Å². The van der Waals surface area contributed by atoms with Crippen molar-refractivity contribution in [3.63, 3.8) is 0 Å². The number of anilines is 1. The van der Waals surface area contributed by atoms with E-state index in [1.54, 1.807) is 0 Å². The lowest BCUT2D eigenvalue weighted by Gasteiger charge is -2.19. The molecule has 3 nitrogen and oxygen atoms in total. The number of nitrogens with one attached hydrogen (secondary N) is 1. The van der Waals surface area contributed by atoms with Crippen molar-refractivity contribution < 1.29 is 4.74 Å². The molecule has 88 valence electrons. The Kier molecular flexibility index (Phi) is 3.67. The summed E-state index contributed by atoms with van der Waals surface area (Å²) in [7, 11) is 2.03. The molecule has 1 aromatic carbocycles. The van der Waals surface area contributed by atoms with E-state index in [0.29, 0.717) is 6.04 Å². The molecule has 0 aliphatic carbocycles. The zero-order valence-corrected chi connectivity index (χ0v) is 10.1. The highest BCUT2D eigenvalue weighted by Crippen LogP contribution is 2.24. The lowest BCUT2D eigenvalue weighted by Crippen LogP contribution is -2.29. The topological polar surface area (TPSA) is 24.5 Å². The maximum Gasteiger partial charge on any atom is 0.121 e. The van der Waals surface area contributed by atoms with Crippen LogP contribution in [0, 0.1) is 0 Å². The van der Waals surface area contributed by atoms with Gasteiger partial charge in [0, 0.05) is 30.9 Å². The molecule has 1 atom stereocenters. The van der Waals surface area contributed by atoms with Crippen LogP contribution >= 0.6 is 0 Å². The van der Waals surface area contributed by atoms with Gasteiger partial charge in [0.15, 0.2) is 0 Å². The molecule has 1 unspecified atom stereocenters. The van der Waals surface area contributed by atoms with Crippen molar-refractivity contribution in [3.8, 4) is 5.75 Å². The Hall–Kier alpha value is -1.22. The molecule has 0 bridgehead atoms. The molecule has 2 rings (SSSR count). The van der Waals surface area contributed by atoms with Crippen molar-refractivity contribution >= 4 is 5.69 Å². The Morgan fingerprint density at radius 2 is 2.38 bits per heavy atom. The van der Waals surface area contributed by atoms with E-state index in [1.807, 2.05) is 20.0 Å². The number of ether oxygens (including phenoxy) is 1. The second-order valence-corrected chi connectivity index (χ2v) is 4.15. The van der Waals surface area contributed by atoms with Crippen molar-refractivity contribution in [1.82, 2.24) is 5.32 Å². The van der Waals surface area contributed by atoms with Crippen molar-refractivity contribution in [2.75, 3.05) is 31.6 Å². The molecular weight excluding hydrogens is 200 g/mol. The van der Waals surface area contributed by atoms with Crippen LogP contribution in [0.25, 0.3) is 0 Å². The quantitative estimate of drug-likeness (QED) is 0.838. The van der Waals surface area contributed by atoms with Crippen molar-refractivity contribution in [3.05, 3.63) is 24.3 Å². The predicted molar refractivity (Wildman–Crippen MR) is 67.3 cm³/mol. The minimum atomic E-state index is 0.621. The highest BCUT2D eigenvalue weighted by atomic mass is 16.5. The SMILES string of the molecule is CCOc1cccc(N2CCC(NC)C2)c1. The largest absolute Gasteiger partial charge is 0.494 e. The van der Waals surface area contributed by atoms with Gasteiger partial charge < -0.3 is 15.0 Å².